The van der Waals surface area contributed by atoms with Crippen molar-refractivity contribution in [3.05, 3.63) is 142 Å². The molecule has 2 aliphatic carbocycles. The van der Waals surface area contributed by atoms with E-state index in [0.717, 1.165) is 0 Å². The highest BCUT2D eigenvalue weighted by Crippen LogP contribution is 2.73. The molecule has 53 heavy (non-hydrogen) atoms. The molecule has 0 bridgehead atoms. The van der Waals surface area contributed by atoms with Gasteiger partial charge in [0.2, 0.25) is 0 Å². The lowest BCUT2D eigenvalue weighted by Crippen LogP contribution is -2.21. The maximum absolute atomic E-state index is 13.5. The van der Waals surface area contributed by atoms with Gasteiger partial charge in [0.1, 0.15) is 4.90 Å². The molecule has 0 unspecified atom stereocenters. The van der Waals surface area contributed by atoms with E-state index in [9.17, 15) is 13.0 Å². The van der Waals surface area contributed by atoms with Crippen LogP contribution in [-0.2, 0) is 31.8 Å². The van der Waals surface area contributed by atoms with Gasteiger partial charge in [-0.05, 0) is 108 Å². The van der Waals surface area contributed by atoms with Crippen LogP contribution in [0.4, 0.5) is 0 Å². The maximum atomic E-state index is 13.5. The largest absolute Gasteiger partial charge is 0.295 e. The van der Waals surface area contributed by atoms with Crippen molar-refractivity contribution in [1.29, 1.82) is 0 Å². The first-order chi connectivity index (χ1) is 24.5. The smallest absolute Gasteiger partial charge is 0.282 e. The highest BCUT2D eigenvalue weighted by atomic mass is 32.2. The summed E-state index contributed by atoms with van der Waals surface area (Å²) in [4.78, 5) is 0.00835. The third-order valence-electron chi connectivity index (χ3n) is 11.4. The van der Waals surface area contributed by atoms with Crippen molar-refractivity contribution >= 4 is 23.3 Å². The Bertz CT molecular complexity index is 2120. The topological polar surface area (TPSA) is 54.4 Å². The fourth-order valence-electron chi connectivity index (χ4n) is 8.25. The minimum Gasteiger partial charge on any atom is -0.282 e. The molecule has 276 valence electrons. The van der Waals surface area contributed by atoms with Crippen LogP contribution in [0.2, 0.25) is 0 Å². The molecule has 0 spiro atoms. The minimum absolute atomic E-state index is 0.00835. The summed E-state index contributed by atoms with van der Waals surface area (Å²) in [5, 5.41) is 0.710. The number of hydrogen-bond donors (Lipinski definition) is 1. The molecule has 2 aliphatic rings. The normalized spacial score (nSPS) is 15.1. The second-order valence-corrected chi connectivity index (χ2v) is 23.1. The zero-order valence-electron chi connectivity index (χ0n) is 33.5. The molecule has 0 aliphatic heterocycles. The lowest BCUT2D eigenvalue weighted by molar-refractivity contribution is 0.484. The van der Waals surface area contributed by atoms with Crippen LogP contribution >= 0.6 is 7.92 Å². The summed E-state index contributed by atoms with van der Waals surface area (Å²) >= 11 is 0. The predicted molar refractivity (Wildman–Crippen MR) is 225 cm³/mol. The molecule has 0 saturated heterocycles. The van der Waals surface area contributed by atoms with Gasteiger partial charge >= 0.3 is 0 Å². The second kappa shape index (κ2) is 12.5. The summed E-state index contributed by atoms with van der Waals surface area (Å²) in [6.07, 6.45) is 0. The number of fused-ring (bicyclic) bond motifs is 6. The Balaban J connectivity index is 1.65. The van der Waals surface area contributed by atoms with Crippen molar-refractivity contribution in [2.45, 2.75) is 121 Å². The van der Waals surface area contributed by atoms with Crippen molar-refractivity contribution in [2.75, 3.05) is 0 Å². The first-order valence-electron chi connectivity index (χ1n) is 18.9. The highest BCUT2D eigenvalue weighted by Gasteiger charge is 2.46. The summed E-state index contributed by atoms with van der Waals surface area (Å²) < 4.78 is 37.9. The van der Waals surface area contributed by atoms with E-state index >= 15 is 0 Å². The molecular formula is C48H55O3PS. The zero-order valence-corrected chi connectivity index (χ0v) is 35.2. The molecule has 0 atom stereocenters. The van der Waals surface area contributed by atoms with Gasteiger partial charge in [0, 0.05) is 11.3 Å². The fraction of sp³-hybridized carbons (Fsp3) is 0.375. The van der Waals surface area contributed by atoms with Gasteiger partial charge < -0.3 is 0 Å². The first-order valence-corrected chi connectivity index (χ1v) is 21.8. The lowest BCUT2D eigenvalue weighted by Gasteiger charge is -2.36. The Kier molecular flexibility index (Phi) is 8.89. The van der Waals surface area contributed by atoms with Crippen LogP contribution in [0.15, 0.2) is 102 Å². The molecule has 5 aromatic rings. The molecule has 3 nitrogen and oxygen atoms in total. The van der Waals surface area contributed by atoms with Gasteiger partial charge in [-0.15, -0.1) is 0 Å². The van der Waals surface area contributed by atoms with E-state index in [1.54, 1.807) is 12.1 Å². The Morgan fingerprint density at radius 2 is 0.736 bits per heavy atom. The Hall–Kier alpha value is -3.56. The molecule has 0 fully saturated rings. The average molecular weight is 743 g/mol. The third kappa shape index (κ3) is 6.64. The fourth-order valence-corrected chi connectivity index (χ4v) is 13.0. The molecule has 0 radical (unpaired) electrons. The Labute approximate surface area is 319 Å². The summed E-state index contributed by atoms with van der Waals surface area (Å²) in [5.74, 6) is 0. The molecule has 5 heteroatoms. The highest BCUT2D eigenvalue weighted by molar-refractivity contribution is 7.86. The lowest BCUT2D eigenvalue weighted by atomic mass is 9.85. The van der Waals surface area contributed by atoms with Crippen LogP contribution in [0.5, 0.6) is 0 Å². The maximum Gasteiger partial charge on any atom is 0.295 e. The van der Waals surface area contributed by atoms with Crippen molar-refractivity contribution in [1.82, 2.24) is 0 Å². The Morgan fingerprint density at radius 3 is 1.00 bits per heavy atom. The predicted octanol–water partition coefficient (Wildman–Crippen LogP) is 12.8. The SMILES string of the molecule is CC(C)(C)c1ccc2c(c1)C(P(c1ccccc1S(=O)(=O)O)C1c3cc(C(C)(C)C)ccc3-c3ccc(C(C)(C)C)cc31)c1cc(C(C)(C)C)ccc1-2. The number of benzene rings is 5. The van der Waals surface area contributed by atoms with Crippen molar-refractivity contribution in [3.63, 3.8) is 0 Å². The van der Waals surface area contributed by atoms with E-state index in [1.807, 2.05) is 12.1 Å². The molecule has 0 aromatic heterocycles. The average Bonchev–Trinajstić information content (AvgIpc) is 3.55. The molecule has 1 N–H and O–H groups in total. The van der Waals surface area contributed by atoms with Crippen LogP contribution in [0.25, 0.3) is 22.3 Å². The molecular weight excluding hydrogens is 688 g/mol. The van der Waals surface area contributed by atoms with E-state index < -0.39 is 18.0 Å². The zero-order chi connectivity index (χ0) is 38.6. The van der Waals surface area contributed by atoms with Crippen LogP contribution in [-0.4, -0.2) is 13.0 Å². The molecule has 0 amide bonds. The summed E-state index contributed by atoms with van der Waals surface area (Å²) in [5.41, 5.74) is 14.2. The van der Waals surface area contributed by atoms with Crippen molar-refractivity contribution in [3.8, 4) is 22.3 Å². The summed E-state index contributed by atoms with van der Waals surface area (Å²) in [7, 11) is -5.98. The van der Waals surface area contributed by atoms with Gasteiger partial charge in [-0.2, -0.15) is 8.42 Å². The van der Waals surface area contributed by atoms with E-state index in [2.05, 4.69) is 156 Å². The molecule has 5 aromatic carbocycles. The van der Waals surface area contributed by atoms with Gasteiger partial charge in [0.05, 0.1) is 0 Å². The minimum atomic E-state index is -4.56. The van der Waals surface area contributed by atoms with Crippen molar-refractivity contribution < 1.29 is 13.0 Å². The van der Waals surface area contributed by atoms with Gasteiger partial charge in [-0.1, -0.05) is 174 Å². The van der Waals surface area contributed by atoms with Gasteiger partial charge in [0.25, 0.3) is 10.1 Å². The summed E-state index contributed by atoms with van der Waals surface area (Å²) in [6.45, 7) is 27.1. The van der Waals surface area contributed by atoms with Gasteiger partial charge in [-0.25, -0.2) is 0 Å². The van der Waals surface area contributed by atoms with Crippen LogP contribution < -0.4 is 5.30 Å². The third-order valence-corrected chi connectivity index (χ3v) is 15.6. The van der Waals surface area contributed by atoms with Crippen molar-refractivity contribution in [2.24, 2.45) is 0 Å². The van der Waals surface area contributed by atoms with Crippen LogP contribution in [0.3, 0.4) is 0 Å². The molecule has 0 saturated carbocycles. The number of hydrogen-bond acceptors (Lipinski definition) is 2. The van der Waals surface area contributed by atoms with E-state index in [0.29, 0.717) is 5.30 Å². The standard InChI is InChI=1S/C48H55O3PS/c1-45(2,3)29-17-21-33-34-22-18-30(46(4,5)6)26-38(34)43(37(33)25-29)52(41-15-13-14-16-42(41)53(49,50)51)44-39-27-31(47(7,8)9)19-23-35(39)36-24-20-32(28-40(36)44)48(10,11)12/h13-28,43-44H,1-12H3,(H,49,50,51). The van der Waals surface area contributed by atoms with Gasteiger partial charge in [-0.3, -0.25) is 4.55 Å². The van der Waals surface area contributed by atoms with E-state index in [4.69, 9.17) is 0 Å². The Morgan fingerprint density at radius 1 is 0.453 bits per heavy atom. The van der Waals surface area contributed by atoms with E-state index in [1.165, 1.54) is 66.8 Å². The first kappa shape index (κ1) is 37.7. The monoisotopic (exact) mass is 742 g/mol. The molecule has 0 heterocycles. The van der Waals surface area contributed by atoms with E-state index in [-0.39, 0.29) is 37.9 Å². The number of rotatable bonds is 4. The molecule has 7 rings (SSSR count). The summed E-state index contributed by atoms with van der Waals surface area (Å²) in [6, 6.07) is 35.1. The second-order valence-electron chi connectivity index (χ2n) is 19.4. The quantitative estimate of drug-likeness (QED) is 0.147. The van der Waals surface area contributed by atoms with Crippen LogP contribution in [0, 0.1) is 0 Å². The van der Waals surface area contributed by atoms with Crippen LogP contribution in [0.1, 0.15) is 139 Å². The van der Waals surface area contributed by atoms with Gasteiger partial charge in [0.15, 0.2) is 0 Å².